The summed E-state index contributed by atoms with van der Waals surface area (Å²) in [4.78, 5) is 19.7. The molecule has 38 heavy (non-hydrogen) atoms. The molecule has 0 radical (unpaired) electrons. The van der Waals surface area contributed by atoms with Crippen LogP contribution in [0.1, 0.15) is 52.3 Å². The van der Waals surface area contributed by atoms with E-state index < -0.39 is 0 Å². The fourth-order valence-electron chi connectivity index (χ4n) is 5.20. The Balaban J connectivity index is 1.42. The van der Waals surface area contributed by atoms with Gasteiger partial charge in [-0.3, -0.25) is 9.78 Å². The number of thiocarbonyl (C=S) groups is 1. The molecule has 1 fully saturated rings. The van der Waals surface area contributed by atoms with Gasteiger partial charge >= 0.3 is 0 Å². The second kappa shape index (κ2) is 11.2. The van der Waals surface area contributed by atoms with Crippen molar-refractivity contribution < 1.29 is 4.79 Å². The van der Waals surface area contributed by atoms with Gasteiger partial charge in [0.15, 0.2) is 5.11 Å². The van der Waals surface area contributed by atoms with Crippen molar-refractivity contribution in [3.8, 4) is 0 Å². The second-order valence-corrected chi connectivity index (χ2v) is 10.3. The lowest BCUT2D eigenvalue weighted by atomic mass is 9.96. The van der Waals surface area contributed by atoms with E-state index in [1.807, 2.05) is 61.7 Å². The van der Waals surface area contributed by atoms with Crippen LogP contribution in [0.25, 0.3) is 0 Å². The van der Waals surface area contributed by atoms with Gasteiger partial charge in [0.2, 0.25) is 5.91 Å². The summed E-state index contributed by atoms with van der Waals surface area (Å²) in [5.74, 6) is -0.0359. The predicted molar refractivity (Wildman–Crippen MR) is 156 cm³/mol. The number of rotatable bonds is 8. The number of carbonyl (C=O) groups is 1. The van der Waals surface area contributed by atoms with Crippen LogP contribution in [-0.2, 0) is 11.3 Å². The summed E-state index contributed by atoms with van der Waals surface area (Å²) in [7, 11) is 0. The summed E-state index contributed by atoms with van der Waals surface area (Å²) in [6.45, 7) is 7.65. The lowest BCUT2D eigenvalue weighted by Gasteiger charge is -2.28. The van der Waals surface area contributed by atoms with E-state index in [0.717, 1.165) is 23.5 Å². The number of anilines is 1. The maximum absolute atomic E-state index is 12.9. The fourth-order valence-corrected chi connectivity index (χ4v) is 5.54. The van der Waals surface area contributed by atoms with Crippen LogP contribution in [0.3, 0.4) is 0 Å². The average molecular weight is 524 g/mol. The van der Waals surface area contributed by atoms with E-state index in [0.29, 0.717) is 18.1 Å². The molecule has 4 aromatic rings. The van der Waals surface area contributed by atoms with Gasteiger partial charge in [-0.2, -0.15) is 0 Å². The molecule has 0 spiro atoms. The highest BCUT2D eigenvalue weighted by molar-refractivity contribution is 7.80. The summed E-state index contributed by atoms with van der Waals surface area (Å²) in [5, 5.41) is 7.16. The first-order valence-corrected chi connectivity index (χ1v) is 13.4. The Hall–Kier alpha value is -3.97. The molecular formula is C31H33N5OS. The van der Waals surface area contributed by atoms with Gasteiger partial charge in [-0.15, -0.1) is 0 Å². The lowest BCUT2D eigenvalue weighted by molar-refractivity contribution is -0.116. The molecule has 6 nitrogen and oxygen atoms in total. The predicted octanol–water partition coefficient (Wildman–Crippen LogP) is 5.86. The summed E-state index contributed by atoms with van der Waals surface area (Å²) < 4.78 is 2.35. The highest BCUT2D eigenvalue weighted by atomic mass is 32.1. The largest absolute Gasteiger partial charge is 0.352 e. The minimum Gasteiger partial charge on any atom is -0.352 e. The van der Waals surface area contributed by atoms with E-state index in [1.165, 1.54) is 22.5 Å². The van der Waals surface area contributed by atoms with Crippen molar-refractivity contribution in [1.82, 2.24) is 19.8 Å². The van der Waals surface area contributed by atoms with E-state index in [-0.39, 0.29) is 18.0 Å². The third kappa shape index (κ3) is 5.48. The molecule has 5 rings (SSSR count). The molecule has 0 aliphatic carbocycles. The Bertz CT molecular complexity index is 1420. The number of nitrogens with zero attached hydrogens (tertiary/aromatic N) is 3. The van der Waals surface area contributed by atoms with Gasteiger partial charge in [-0.1, -0.05) is 54.1 Å². The molecule has 1 amide bonds. The zero-order chi connectivity index (χ0) is 26.6. The monoisotopic (exact) mass is 523 g/mol. The molecule has 3 heterocycles. The zero-order valence-corrected chi connectivity index (χ0v) is 22.8. The molecule has 2 atom stereocenters. The van der Waals surface area contributed by atoms with Gasteiger partial charge in [0.05, 0.1) is 17.8 Å². The summed E-state index contributed by atoms with van der Waals surface area (Å²) in [6.07, 6.45) is 2.14. The maximum Gasteiger partial charge on any atom is 0.226 e. The SMILES string of the molecule is Cc1ccc(NC(=O)CCN2C(=S)N[C@H](c3ccccn3)[C@H]2c2cc(C)n(Cc3ccccc3)c2C)cc1. The molecule has 194 valence electrons. The summed E-state index contributed by atoms with van der Waals surface area (Å²) in [5.41, 5.74) is 7.72. The van der Waals surface area contributed by atoms with Gasteiger partial charge < -0.3 is 20.1 Å². The Morgan fingerprint density at radius 2 is 1.74 bits per heavy atom. The van der Waals surface area contributed by atoms with Crippen LogP contribution in [-0.4, -0.2) is 32.0 Å². The highest BCUT2D eigenvalue weighted by Gasteiger charge is 2.41. The molecule has 2 aromatic carbocycles. The molecule has 1 aliphatic heterocycles. The number of hydrogen-bond donors (Lipinski definition) is 2. The minimum atomic E-state index is -0.116. The van der Waals surface area contributed by atoms with Crippen molar-refractivity contribution in [3.63, 3.8) is 0 Å². The molecule has 7 heteroatoms. The molecule has 1 saturated heterocycles. The normalized spacial score (nSPS) is 16.9. The van der Waals surface area contributed by atoms with Gasteiger partial charge in [-0.25, -0.2) is 0 Å². The van der Waals surface area contributed by atoms with Crippen LogP contribution in [0.4, 0.5) is 5.69 Å². The first-order valence-electron chi connectivity index (χ1n) is 13.0. The van der Waals surface area contributed by atoms with Gasteiger partial charge in [0, 0.05) is 42.8 Å². The van der Waals surface area contributed by atoms with Crippen LogP contribution >= 0.6 is 12.2 Å². The van der Waals surface area contributed by atoms with Crippen molar-refractivity contribution in [2.75, 3.05) is 11.9 Å². The molecule has 2 N–H and O–H groups in total. The van der Waals surface area contributed by atoms with E-state index >= 15 is 0 Å². The van der Waals surface area contributed by atoms with Crippen molar-refractivity contribution in [2.45, 2.75) is 45.8 Å². The lowest BCUT2D eigenvalue weighted by Crippen LogP contribution is -2.33. The Morgan fingerprint density at radius 3 is 2.45 bits per heavy atom. The van der Waals surface area contributed by atoms with Crippen LogP contribution in [0, 0.1) is 20.8 Å². The van der Waals surface area contributed by atoms with Crippen molar-refractivity contribution >= 4 is 28.9 Å². The van der Waals surface area contributed by atoms with Crippen LogP contribution in [0.15, 0.2) is 85.1 Å². The highest BCUT2D eigenvalue weighted by Crippen LogP contribution is 2.41. The minimum absolute atomic E-state index is 0.0359. The second-order valence-electron chi connectivity index (χ2n) is 9.88. The topological polar surface area (TPSA) is 62.2 Å². The van der Waals surface area contributed by atoms with Crippen molar-refractivity contribution in [3.05, 3.63) is 119 Å². The van der Waals surface area contributed by atoms with Crippen molar-refractivity contribution in [1.29, 1.82) is 0 Å². The molecule has 0 saturated carbocycles. The van der Waals surface area contributed by atoms with Crippen molar-refractivity contribution in [2.24, 2.45) is 0 Å². The Morgan fingerprint density at radius 1 is 1.00 bits per heavy atom. The number of carbonyl (C=O) groups excluding carboxylic acids is 1. The van der Waals surface area contributed by atoms with Gasteiger partial charge in [-0.05, 0) is 74.4 Å². The summed E-state index contributed by atoms with van der Waals surface area (Å²) in [6, 6.07) is 26.3. The third-order valence-electron chi connectivity index (χ3n) is 7.23. The van der Waals surface area contributed by atoms with Crippen LogP contribution in [0.5, 0.6) is 0 Å². The van der Waals surface area contributed by atoms with E-state index in [1.54, 1.807) is 0 Å². The molecule has 2 aromatic heterocycles. The first-order chi connectivity index (χ1) is 18.4. The standard InChI is InChI=1S/C31H33N5OS/c1-21-12-14-25(15-13-21)33-28(37)16-18-35-30(29(34-31(35)38)27-11-7-8-17-32-27)26-19-22(2)36(23(26)3)20-24-9-5-4-6-10-24/h4-15,17,19,29-30H,16,18,20H2,1-3H3,(H,33,37)(H,34,38)/t29-,30-/m1/s1. The molecule has 1 aliphatic rings. The van der Waals surface area contributed by atoms with Crippen LogP contribution < -0.4 is 10.6 Å². The molecule has 0 unspecified atom stereocenters. The number of hydrogen-bond acceptors (Lipinski definition) is 3. The zero-order valence-electron chi connectivity index (χ0n) is 22.0. The van der Waals surface area contributed by atoms with Gasteiger partial charge in [0.1, 0.15) is 0 Å². The number of aryl methyl sites for hydroxylation is 2. The molecule has 0 bridgehead atoms. The number of amides is 1. The third-order valence-corrected chi connectivity index (χ3v) is 7.58. The maximum atomic E-state index is 12.9. The Labute approximate surface area is 229 Å². The van der Waals surface area contributed by atoms with E-state index in [2.05, 4.69) is 69.3 Å². The first kappa shape index (κ1) is 25.7. The fraction of sp³-hybridized carbons (Fsp3) is 0.258. The number of aromatic nitrogens is 2. The number of nitrogens with one attached hydrogen (secondary N) is 2. The quantitative estimate of drug-likeness (QED) is 0.283. The number of benzene rings is 2. The van der Waals surface area contributed by atoms with Crippen LogP contribution in [0.2, 0.25) is 0 Å². The Kier molecular flexibility index (Phi) is 7.56. The number of pyridine rings is 1. The van der Waals surface area contributed by atoms with Gasteiger partial charge in [0.25, 0.3) is 0 Å². The average Bonchev–Trinajstić information content (AvgIpc) is 3.40. The smallest absolute Gasteiger partial charge is 0.226 e. The molecular weight excluding hydrogens is 490 g/mol. The summed E-state index contributed by atoms with van der Waals surface area (Å²) >= 11 is 5.83. The van der Waals surface area contributed by atoms with E-state index in [4.69, 9.17) is 12.2 Å². The van der Waals surface area contributed by atoms with E-state index in [9.17, 15) is 4.79 Å².